The van der Waals surface area contributed by atoms with Crippen LogP contribution in [0.5, 0.6) is 0 Å². The van der Waals surface area contributed by atoms with E-state index in [1.807, 2.05) is 31.3 Å². The lowest BCUT2D eigenvalue weighted by Crippen LogP contribution is -2.17. The number of aromatic nitrogens is 4. The highest BCUT2D eigenvalue weighted by molar-refractivity contribution is 5.57. The van der Waals surface area contributed by atoms with E-state index in [0.29, 0.717) is 19.0 Å². The second-order valence-corrected chi connectivity index (χ2v) is 5.80. The van der Waals surface area contributed by atoms with Crippen molar-refractivity contribution in [3.63, 3.8) is 0 Å². The van der Waals surface area contributed by atoms with Crippen LogP contribution in [0.1, 0.15) is 16.8 Å². The van der Waals surface area contributed by atoms with Gasteiger partial charge in [-0.25, -0.2) is 9.97 Å². The van der Waals surface area contributed by atoms with Crippen LogP contribution in [0.2, 0.25) is 0 Å². The molecule has 0 radical (unpaired) electrons. The Morgan fingerprint density at radius 2 is 2.04 bits per heavy atom. The van der Waals surface area contributed by atoms with Crippen LogP contribution in [-0.2, 0) is 31.4 Å². The van der Waals surface area contributed by atoms with E-state index in [4.69, 9.17) is 14.7 Å². The molecule has 6 nitrogen and oxygen atoms in total. The van der Waals surface area contributed by atoms with E-state index in [1.54, 1.807) is 10.9 Å². The molecule has 3 aromatic rings. The zero-order valence-corrected chi connectivity index (χ0v) is 13.6. The summed E-state index contributed by atoms with van der Waals surface area (Å²) in [7, 11) is 1.89. The van der Waals surface area contributed by atoms with E-state index in [9.17, 15) is 0 Å². The molecule has 2 aromatic heterocycles. The fourth-order valence-electron chi connectivity index (χ4n) is 2.89. The van der Waals surface area contributed by atoms with Crippen LogP contribution >= 0.6 is 0 Å². The molecule has 1 aliphatic heterocycles. The molecule has 24 heavy (non-hydrogen) atoms. The van der Waals surface area contributed by atoms with Crippen molar-refractivity contribution in [2.45, 2.75) is 19.6 Å². The van der Waals surface area contributed by atoms with Crippen LogP contribution in [0.25, 0.3) is 11.5 Å². The summed E-state index contributed by atoms with van der Waals surface area (Å²) in [4.78, 5) is 9.46. The molecule has 0 fully saturated rings. The Bertz CT molecular complexity index is 844. The molecule has 3 heterocycles. The number of benzene rings is 1. The second kappa shape index (κ2) is 6.41. The van der Waals surface area contributed by atoms with E-state index < -0.39 is 0 Å². The van der Waals surface area contributed by atoms with Crippen LogP contribution in [0.4, 0.5) is 5.82 Å². The van der Waals surface area contributed by atoms with E-state index in [-0.39, 0.29) is 0 Å². The quantitative estimate of drug-likeness (QED) is 0.800. The third-order valence-corrected chi connectivity index (χ3v) is 4.18. The fraction of sp³-hybridized carbons (Fsp3) is 0.278. The Morgan fingerprint density at radius 1 is 1.17 bits per heavy atom. The number of nitrogens with one attached hydrogen (secondary N) is 1. The molecule has 1 aromatic carbocycles. The van der Waals surface area contributed by atoms with Gasteiger partial charge in [-0.1, -0.05) is 30.3 Å². The Hall–Kier alpha value is -2.73. The molecule has 0 amide bonds. The Kier molecular flexibility index (Phi) is 3.96. The average molecular weight is 321 g/mol. The topological polar surface area (TPSA) is 64.9 Å². The van der Waals surface area contributed by atoms with E-state index in [0.717, 1.165) is 35.7 Å². The lowest BCUT2D eigenvalue weighted by Gasteiger charge is -2.20. The third-order valence-electron chi connectivity index (χ3n) is 4.18. The molecule has 0 atom stereocenters. The van der Waals surface area contributed by atoms with Crippen molar-refractivity contribution in [3.8, 4) is 11.5 Å². The van der Waals surface area contributed by atoms with Crippen molar-refractivity contribution in [3.05, 3.63) is 59.4 Å². The largest absolute Gasteiger partial charge is 0.375 e. The van der Waals surface area contributed by atoms with Gasteiger partial charge in [0, 0.05) is 31.8 Å². The molecule has 6 heteroatoms. The molecule has 4 rings (SSSR count). The molecular weight excluding hydrogens is 302 g/mol. The first-order chi connectivity index (χ1) is 11.8. The lowest BCUT2D eigenvalue weighted by atomic mass is 10.1. The number of anilines is 1. The van der Waals surface area contributed by atoms with Crippen molar-refractivity contribution in [1.82, 2.24) is 19.7 Å². The van der Waals surface area contributed by atoms with Gasteiger partial charge in [-0.2, -0.15) is 5.10 Å². The summed E-state index contributed by atoms with van der Waals surface area (Å²) in [5, 5.41) is 7.69. The predicted octanol–water partition coefficient (Wildman–Crippen LogP) is 2.56. The lowest BCUT2D eigenvalue weighted by molar-refractivity contribution is 0.107. The molecule has 0 aliphatic carbocycles. The minimum absolute atomic E-state index is 0.530. The van der Waals surface area contributed by atoms with Crippen molar-refractivity contribution in [1.29, 1.82) is 0 Å². The summed E-state index contributed by atoms with van der Waals surface area (Å²) in [5.74, 6) is 1.57. The number of rotatable bonds is 4. The molecule has 0 unspecified atom stereocenters. The molecule has 0 saturated heterocycles. The molecule has 122 valence electrons. The standard InChI is InChI=1S/C18H19N5O/c1-23-16(7-9-20-23)18-21-15-12-24-10-8-14(15)17(22-18)19-11-13-5-3-2-4-6-13/h2-7,9H,8,10-12H2,1H3,(H,19,21,22). The van der Waals surface area contributed by atoms with E-state index in [1.165, 1.54) is 5.56 Å². The Morgan fingerprint density at radius 3 is 2.83 bits per heavy atom. The van der Waals surface area contributed by atoms with Gasteiger partial charge in [-0.3, -0.25) is 4.68 Å². The monoisotopic (exact) mass is 321 g/mol. The van der Waals surface area contributed by atoms with E-state index >= 15 is 0 Å². The minimum Gasteiger partial charge on any atom is -0.375 e. The number of hydrogen-bond acceptors (Lipinski definition) is 5. The van der Waals surface area contributed by atoms with Gasteiger partial charge < -0.3 is 10.1 Å². The fourth-order valence-corrected chi connectivity index (χ4v) is 2.89. The molecule has 1 N–H and O–H groups in total. The van der Waals surface area contributed by atoms with Gasteiger partial charge >= 0.3 is 0 Å². The molecular formula is C18H19N5O. The Balaban J connectivity index is 1.70. The SMILES string of the molecule is Cn1nccc1-c1nc2c(c(NCc3ccccc3)n1)CCOC2. The van der Waals surface area contributed by atoms with Crippen LogP contribution in [0.15, 0.2) is 42.6 Å². The van der Waals surface area contributed by atoms with Crippen molar-refractivity contribution < 1.29 is 4.74 Å². The highest BCUT2D eigenvalue weighted by atomic mass is 16.5. The Labute approximate surface area is 140 Å². The summed E-state index contributed by atoms with van der Waals surface area (Å²) in [6.07, 6.45) is 2.59. The van der Waals surface area contributed by atoms with Gasteiger partial charge in [0.1, 0.15) is 11.5 Å². The maximum Gasteiger partial charge on any atom is 0.180 e. The van der Waals surface area contributed by atoms with Crippen LogP contribution in [0, 0.1) is 0 Å². The summed E-state index contributed by atoms with van der Waals surface area (Å²) in [6, 6.07) is 12.2. The predicted molar refractivity (Wildman–Crippen MR) is 91.4 cm³/mol. The van der Waals surface area contributed by atoms with E-state index in [2.05, 4.69) is 22.5 Å². The number of nitrogens with zero attached hydrogens (tertiary/aromatic N) is 4. The third kappa shape index (κ3) is 2.88. The van der Waals surface area contributed by atoms with Gasteiger partial charge in [0.05, 0.1) is 18.9 Å². The first-order valence-electron chi connectivity index (χ1n) is 8.05. The minimum atomic E-state index is 0.530. The van der Waals surface area contributed by atoms with Gasteiger partial charge in [0.2, 0.25) is 0 Å². The maximum absolute atomic E-state index is 5.58. The first kappa shape index (κ1) is 14.8. The summed E-state index contributed by atoms with van der Waals surface area (Å²) >= 11 is 0. The van der Waals surface area contributed by atoms with Gasteiger partial charge in [-0.15, -0.1) is 0 Å². The number of aryl methyl sites for hydroxylation is 1. The van der Waals surface area contributed by atoms with Crippen LogP contribution in [0.3, 0.4) is 0 Å². The van der Waals surface area contributed by atoms with Crippen molar-refractivity contribution >= 4 is 5.82 Å². The molecule has 1 aliphatic rings. The first-order valence-corrected chi connectivity index (χ1v) is 8.05. The highest BCUT2D eigenvalue weighted by Gasteiger charge is 2.19. The number of ether oxygens (including phenoxy) is 1. The summed E-state index contributed by atoms with van der Waals surface area (Å²) in [5.41, 5.74) is 4.23. The van der Waals surface area contributed by atoms with Crippen molar-refractivity contribution in [2.24, 2.45) is 7.05 Å². The van der Waals surface area contributed by atoms with Crippen LogP contribution in [-0.4, -0.2) is 26.4 Å². The number of fused-ring (bicyclic) bond motifs is 1. The van der Waals surface area contributed by atoms with Gasteiger partial charge in [0.25, 0.3) is 0 Å². The average Bonchev–Trinajstić information content (AvgIpc) is 3.06. The molecule has 0 bridgehead atoms. The molecule has 0 spiro atoms. The molecule has 0 saturated carbocycles. The van der Waals surface area contributed by atoms with Gasteiger partial charge in [0.15, 0.2) is 5.82 Å². The second-order valence-electron chi connectivity index (χ2n) is 5.80. The highest BCUT2D eigenvalue weighted by Crippen LogP contribution is 2.26. The van der Waals surface area contributed by atoms with Crippen molar-refractivity contribution in [2.75, 3.05) is 11.9 Å². The smallest absolute Gasteiger partial charge is 0.180 e. The van der Waals surface area contributed by atoms with Crippen LogP contribution < -0.4 is 5.32 Å². The number of hydrogen-bond donors (Lipinski definition) is 1. The normalized spacial score (nSPS) is 13.5. The summed E-state index contributed by atoms with van der Waals surface area (Å²) < 4.78 is 7.36. The zero-order valence-electron chi connectivity index (χ0n) is 13.6. The zero-order chi connectivity index (χ0) is 16.4. The summed E-state index contributed by atoms with van der Waals surface area (Å²) in [6.45, 7) is 1.97. The maximum atomic E-state index is 5.58. The van der Waals surface area contributed by atoms with Gasteiger partial charge in [-0.05, 0) is 11.6 Å².